The van der Waals surface area contributed by atoms with E-state index >= 15 is 0 Å². The van der Waals surface area contributed by atoms with Crippen LogP contribution in [0.3, 0.4) is 0 Å². The molecule has 6 heteroatoms. The Hall–Kier alpha value is -3.67. The number of carboxylic acid groups (broad SMARTS) is 1. The van der Waals surface area contributed by atoms with Crippen LogP contribution in [0, 0.1) is 19.8 Å². The number of benzene rings is 2. The molecule has 0 bridgehead atoms. The van der Waals surface area contributed by atoms with Gasteiger partial charge in [-0.2, -0.15) is 0 Å². The minimum atomic E-state index is -1.09. The molecule has 0 aliphatic rings. The molecule has 3 N–H and O–H groups in total. The Morgan fingerprint density at radius 3 is 2.21 bits per heavy atom. The average molecular weight is 460 g/mol. The van der Waals surface area contributed by atoms with Gasteiger partial charge in [0.05, 0.1) is 6.42 Å². The summed E-state index contributed by atoms with van der Waals surface area (Å²) in [6.07, 6.45) is -0.207. The number of amides is 2. The minimum absolute atomic E-state index is 0.101. The summed E-state index contributed by atoms with van der Waals surface area (Å²) < 4.78 is 0. The number of nitrogens with one attached hydrogen (secondary N) is 2. The van der Waals surface area contributed by atoms with Gasteiger partial charge in [-0.15, -0.1) is 0 Å². The fourth-order valence-electron chi connectivity index (χ4n) is 4.06. The van der Waals surface area contributed by atoms with Crippen molar-refractivity contribution in [2.24, 2.45) is 5.92 Å². The van der Waals surface area contributed by atoms with E-state index in [9.17, 15) is 14.7 Å². The van der Waals surface area contributed by atoms with Crippen molar-refractivity contribution in [3.05, 3.63) is 88.2 Å². The molecule has 0 unspecified atom stereocenters. The largest absolute Gasteiger partial charge is 0.465 e. The van der Waals surface area contributed by atoms with Crippen molar-refractivity contribution in [3.8, 4) is 11.1 Å². The van der Waals surface area contributed by atoms with E-state index in [1.165, 1.54) is 0 Å². The standard InChI is InChI=1S/C28H33N3O3/c1-18(2)14-25-24(17-30-28(33)34)27(22-12-10-19(3)11-13-22)23(20(4)31-25)15-26(32)29-16-21-8-6-5-7-9-21/h5-13,18,30H,14-17H2,1-4H3,(H,29,32)(H,33,34). The van der Waals surface area contributed by atoms with E-state index in [2.05, 4.69) is 24.5 Å². The van der Waals surface area contributed by atoms with E-state index in [4.69, 9.17) is 4.98 Å². The van der Waals surface area contributed by atoms with Crippen LogP contribution in [-0.4, -0.2) is 22.1 Å². The number of pyridine rings is 1. The van der Waals surface area contributed by atoms with Gasteiger partial charge in [0.2, 0.25) is 5.91 Å². The highest BCUT2D eigenvalue weighted by Gasteiger charge is 2.22. The molecule has 1 heterocycles. The summed E-state index contributed by atoms with van der Waals surface area (Å²) in [4.78, 5) is 29.2. The van der Waals surface area contributed by atoms with Crippen molar-refractivity contribution in [2.45, 2.75) is 53.6 Å². The fourth-order valence-corrected chi connectivity index (χ4v) is 4.06. The van der Waals surface area contributed by atoms with Crippen molar-refractivity contribution >= 4 is 12.0 Å². The van der Waals surface area contributed by atoms with Gasteiger partial charge in [0, 0.05) is 30.0 Å². The summed E-state index contributed by atoms with van der Waals surface area (Å²) in [5, 5.41) is 14.8. The Morgan fingerprint density at radius 2 is 1.59 bits per heavy atom. The highest BCUT2D eigenvalue weighted by Crippen LogP contribution is 2.33. The number of aryl methyl sites for hydroxylation is 2. The van der Waals surface area contributed by atoms with Crippen LogP contribution in [0.15, 0.2) is 54.6 Å². The van der Waals surface area contributed by atoms with Gasteiger partial charge in [0.1, 0.15) is 0 Å². The third-order valence-electron chi connectivity index (χ3n) is 5.72. The van der Waals surface area contributed by atoms with E-state index in [-0.39, 0.29) is 18.9 Å². The lowest BCUT2D eigenvalue weighted by atomic mass is 9.88. The lowest BCUT2D eigenvalue weighted by Gasteiger charge is -2.22. The summed E-state index contributed by atoms with van der Waals surface area (Å²) in [7, 11) is 0. The maximum atomic E-state index is 13.0. The number of nitrogens with zero attached hydrogens (tertiary/aromatic N) is 1. The molecule has 0 aliphatic heterocycles. The van der Waals surface area contributed by atoms with Crippen molar-refractivity contribution in [1.82, 2.24) is 15.6 Å². The number of hydrogen-bond acceptors (Lipinski definition) is 3. The van der Waals surface area contributed by atoms with Gasteiger partial charge in [0.25, 0.3) is 0 Å². The Bertz CT molecular complexity index is 1140. The van der Waals surface area contributed by atoms with E-state index < -0.39 is 6.09 Å². The first-order valence-electron chi connectivity index (χ1n) is 11.6. The second-order valence-corrected chi connectivity index (χ2v) is 9.04. The first kappa shape index (κ1) is 25.0. The molecule has 2 amide bonds. The fraction of sp³-hybridized carbons (Fsp3) is 0.321. The summed E-state index contributed by atoms with van der Waals surface area (Å²) in [5.41, 5.74) is 7.32. The summed E-state index contributed by atoms with van der Waals surface area (Å²) >= 11 is 0. The topological polar surface area (TPSA) is 91.3 Å². The highest BCUT2D eigenvalue weighted by molar-refractivity contribution is 5.84. The van der Waals surface area contributed by atoms with E-state index in [0.29, 0.717) is 12.5 Å². The first-order chi connectivity index (χ1) is 16.2. The molecule has 34 heavy (non-hydrogen) atoms. The number of carbonyl (C=O) groups is 2. The molecular formula is C28H33N3O3. The van der Waals surface area contributed by atoms with Gasteiger partial charge >= 0.3 is 6.09 Å². The molecule has 0 saturated carbocycles. The van der Waals surface area contributed by atoms with Crippen molar-refractivity contribution in [3.63, 3.8) is 0 Å². The second kappa shape index (κ2) is 11.5. The Morgan fingerprint density at radius 1 is 0.912 bits per heavy atom. The van der Waals surface area contributed by atoms with Gasteiger partial charge in [-0.3, -0.25) is 9.78 Å². The van der Waals surface area contributed by atoms with E-state index in [1.807, 2.05) is 68.4 Å². The molecule has 3 aromatic rings. The molecule has 3 rings (SSSR count). The summed E-state index contributed by atoms with van der Waals surface area (Å²) in [5.74, 6) is 0.247. The molecule has 1 aromatic heterocycles. The maximum absolute atomic E-state index is 13.0. The smallest absolute Gasteiger partial charge is 0.404 e. The molecular weight excluding hydrogens is 426 g/mol. The molecule has 0 saturated heterocycles. The normalized spacial score (nSPS) is 10.9. The van der Waals surface area contributed by atoms with Crippen molar-refractivity contribution in [1.29, 1.82) is 0 Å². The predicted molar refractivity (Wildman–Crippen MR) is 135 cm³/mol. The maximum Gasteiger partial charge on any atom is 0.404 e. The zero-order valence-electron chi connectivity index (χ0n) is 20.3. The number of aromatic nitrogens is 1. The highest BCUT2D eigenvalue weighted by atomic mass is 16.4. The monoisotopic (exact) mass is 459 g/mol. The molecule has 2 aromatic carbocycles. The summed E-state index contributed by atoms with van der Waals surface area (Å²) in [6.45, 7) is 8.76. The quantitative estimate of drug-likeness (QED) is 0.411. The lowest BCUT2D eigenvalue weighted by molar-refractivity contribution is -0.120. The van der Waals surface area contributed by atoms with Crippen LogP contribution in [0.2, 0.25) is 0 Å². The number of carbonyl (C=O) groups excluding carboxylic acids is 1. The molecule has 0 fully saturated rings. The molecule has 0 aliphatic carbocycles. The zero-order chi connectivity index (χ0) is 24.7. The Balaban J connectivity index is 2.05. The zero-order valence-corrected chi connectivity index (χ0v) is 20.3. The minimum Gasteiger partial charge on any atom is -0.465 e. The van der Waals surface area contributed by atoms with Gasteiger partial charge < -0.3 is 15.7 Å². The average Bonchev–Trinajstić information content (AvgIpc) is 2.79. The van der Waals surface area contributed by atoms with Gasteiger partial charge in [0.15, 0.2) is 0 Å². The molecule has 178 valence electrons. The van der Waals surface area contributed by atoms with Crippen LogP contribution in [0.25, 0.3) is 11.1 Å². The number of rotatable bonds is 9. The third-order valence-corrected chi connectivity index (χ3v) is 5.72. The van der Waals surface area contributed by atoms with Gasteiger partial charge in [-0.1, -0.05) is 74.0 Å². The van der Waals surface area contributed by atoms with Crippen LogP contribution >= 0.6 is 0 Å². The lowest BCUT2D eigenvalue weighted by Crippen LogP contribution is -2.27. The first-order valence-corrected chi connectivity index (χ1v) is 11.6. The van der Waals surface area contributed by atoms with Crippen molar-refractivity contribution < 1.29 is 14.7 Å². The van der Waals surface area contributed by atoms with Crippen LogP contribution in [0.5, 0.6) is 0 Å². The van der Waals surface area contributed by atoms with Gasteiger partial charge in [-0.25, -0.2) is 4.79 Å². The number of hydrogen-bond donors (Lipinski definition) is 3. The third kappa shape index (κ3) is 6.67. The van der Waals surface area contributed by atoms with E-state index in [1.54, 1.807) is 0 Å². The molecule has 0 spiro atoms. The molecule has 6 nitrogen and oxygen atoms in total. The molecule has 0 atom stereocenters. The summed E-state index contributed by atoms with van der Waals surface area (Å²) in [6, 6.07) is 17.9. The predicted octanol–water partition coefficient (Wildman–Crippen LogP) is 5.19. The van der Waals surface area contributed by atoms with Crippen LogP contribution in [0.1, 0.15) is 47.5 Å². The second-order valence-electron chi connectivity index (χ2n) is 9.04. The Labute approximate surface area is 201 Å². The van der Waals surface area contributed by atoms with Crippen LogP contribution in [0.4, 0.5) is 4.79 Å². The van der Waals surface area contributed by atoms with E-state index in [0.717, 1.165) is 51.2 Å². The van der Waals surface area contributed by atoms with Crippen LogP contribution in [-0.2, 0) is 30.7 Å². The van der Waals surface area contributed by atoms with Crippen LogP contribution < -0.4 is 10.6 Å². The van der Waals surface area contributed by atoms with Crippen molar-refractivity contribution in [2.75, 3.05) is 0 Å². The Kier molecular flexibility index (Phi) is 8.41. The molecule has 0 radical (unpaired) electrons. The van der Waals surface area contributed by atoms with Gasteiger partial charge in [-0.05, 0) is 48.4 Å². The SMILES string of the molecule is Cc1ccc(-c2c(CC(=O)NCc3ccccc3)c(C)nc(CC(C)C)c2CNC(=O)O)cc1.